The fraction of sp³-hybridized carbons (Fsp3) is 0.125. The van der Waals surface area contributed by atoms with Gasteiger partial charge in [-0.3, -0.25) is 0 Å². The number of nitrogens with one attached hydrogen (secondary N) is 1. The van der Waals surface area contributed by atoms with Gasteiger partial charge in [0.05, 0.1) is 6.54 Å². The molecule has 0 fully saturated rings. The molecule has 4 nitrogen and oxygen atoms in total. The molecule has 15 heavy (non-hydrogen) atoms. The van der Waals surface area contributed by atoms with Crippen molar-refractivity contribution in [3.05, 3.63) is 34.7 Å². The summed E-state index contributed by atoms with van der Waals surface area (Å²) in [7, 11) is 0. The minimum atomic E-state index is -1.09. The van der Waals surface area contributed by atoms with E-state index in [2.05, 4.69) is 20.3 Å². The molecule has 0 spiro atoms. The predicted molar refractivity (Wildman–Crippen MR) is 51.4 cm³/mol. The number of nitrogens with zero attached hydrogens (tertiary/aromatic N) is 3. The highest BCUT2D eigenvalue weighted by Gasteiger charge is 2.03. The molecule has 0 aromatic carbocycles. The Hall–Kier alpha value is -1.63. The van der Waals surface area contributed by atoms with Crippen LogP contribution in [0, 0.1) is 12.0 Å². The molecule has 2 rings (SSSR count). The summed E-state index contributed by atoms with van der Waals surface area (Å²) in [6, 6.07) is 1.02. The van der Waals surface area contributed by atoms with Crippen molar-refractivity contribution < 1.29 is 8.78 Å². The Morgan fingerprint density at radius 1 is 1.33 bits per heavy atom. The van der Waals surface area contributed by atoms with E-state index >= 15 is 0 Å². The molecule has 0 amide bonds. The van der Waals surface area contributed by atoms with Crippen molar-refractivity contribution in [1.29, 1.82) is 0 Å². The first-order chi connectivity index (χ1) is 7.24. The van der Waals surface area contributed by atoms with Crippen molar-refractivity contribution >= 4 is 17.2 Å². The molecule has 0 saturated heterocycles. The second-order valence-corrected chi connectivity index (χ2v) is 3.60. The molecule has 0 aliphatic carbocycles. The molecule has 0 atom stereocenters. The van der Waals surface area contributed by atoms with Crippen LogP contribution in [0.4, 0.5) is 14.6 Å². The summed E-state index contributed by atoms with van der Waals surface area (Å²) in [5, 5.41) is 5.38. The quantitative estimate of drug-likeness (QED) is 0.643. The summed E-state index contributed by atoms with van der Waals surface area (Å²) in [5.41, 5.74) is 0. The third-order valence-electron chi connectivity index (χ3n) is 1.57. The average molecular weight is 228 g/mol. The summed E-state index contributed by atoms with van der Waals surface area (Å²) in [5.74, 6) is -0.792. The van der Waals surface area contributed by atoms with Crippen LogP contribution < -0.4 is 5.32 Å². The first-order valence-corrected chi connectivity index (χ1v) is 4.94. The maximum absolute atomic E-state index is 12.6. The Bertz CT molecular complexity index is 426. The number of rotatable bonds is 3. The molecule has 0 unspecified atom stereocenters. The van der Waals surface area contributed by atoms with Crippen LogP contribution in [0.2, 0.25) is 0 Å². The van der Waals surface area contributed by atoms with E-state index in [1.807, 2.05) is 5.38 Å². The van der Waals surface area contributed by atoms with E-state index < -0.39 is 12.0 Å². The van der Waals surface area contributed by atoms with E-state index in [4.69, 9.17) is 0 Å². The maximum atomic E-state index is 12.6. The van der Waals surface area contributed by atoms with Crippen molar-refractivity contribution in [3.8, 4) is 0 Å². The number of aromatic nitrogens is 3. The van der Waals surface area contributed by atoms with Gasteiger partial charge >= 0.3 is 6.08 Å². The van der Waals surface area contributed by atoms with E-state index in [1.165, 1.54) is 11.3 Å². The first kappa shape index (κ1) is 9.91. The van der Waals surface area contributed by atoms with Gasteiger partial charge in [-0.25, -0.2) is 4.98 Å². The Balaban J connectivity index is 2.05. The van der Waals surface area contributed by atoms with E-state index in [0.29, 0.717) is 6.54 Å². The smallest absolute Gasteiger partial charge is 0.313 e. The minimum absolute atomic E-state index is 0.107. The van der Waals surface area contributed by atoms with Gasteiger partial charge in [0, 0.05) is 17.6 Å². The van der Waals surface area contributed by atoms with Gasteiger partial charge in [-0.05, 0) is 0 Å². The molecule has 0 aliphatic heterocycles. The second kappa shape index (κ2) is 4.26. The molecule has 2 heterocycles. The minimum Gasteiger partial charge on any atom is -0.363 e. The van der Waals surface area contributed by atoms with Crippen molar-refractivity contribution in [3.63, 3.8) is 0 Å². The predicted octanol–water partition coefficient (Wildman–Crippen LogP) is 1.82. The molecule has 0 bridgehead atoms. The zero-order chi connectivity index (χ0) is 10.7. The molecule has 0 radical (unpaired) electrons. The van der Waals surface area contributed by atoms with E-state index in [1.54, 1.807) is 6.20 Å². The molecule has 0 saturated carbocycles. The van der Waals surface area contributed by atoms with Crippen molar-refractivity contribution in [2.45, 2.75) is 6.54 Å². The van der Waals surface area contributed by atoms with Gasteiger partial charge in [-0.15, -0.1) is 11.3 Å². The Morgan fingerprint density at radius 3 is 2.87 bits per heavy atom. The van der Waals surface area contributed by atoms with Crippen LogP contribution in [-0.2, 0) is 6.54 Å². The van der Waals surface area contributed by atoms with Gasteiger partial charge in [0.1, 0.15) is 10.8 Å². The Kier molecular flexibility index (Phi) is 2.82. The lowest BCUT2D eigenvalue weighted by Crippen LogP contribution is -2.04. The normalized spacial score (nSPS) is 10.3. The molecule has 78 valence electrons. The number of halogens is 2. The summed E-state index contributed by atoms with van der Waals surface area (Å²) in [4.78, 5) is 10.3. The summed E-state index contributed by atoms with van der Waals surface area (Å²) in [6.45, 7) is 0.382. The van der Waals surface area contributed by atoms with Crippen molar-refractivity contribution in [2.24, 2.45) is 0 Å². The molecular formula is C8H6F2N4S. The maximum Gasteiger partial charge on any atom is 0.313 e. The lowest BCUT2D eigenvalue weighted by molar-refractivity contribution is 0.484. The van der Waals surface area contributed by atoms with Crippen LogP contribution in [0.15, 0.2) is 17.6 Å². The molecule has 7 heteroatoms. The van der Waals surface area contributed by atoms with E-state index in [0.717, 1.165) is 11.1 Å². The number of anilines is 1. The number of thiazole rings is 1. The third kappa shape index (κ3) is 2.66. The fourth-order valence-corrected chi connectivity index (χ4v) is 1.54. The van der Waals surface area contributed by atoms with Crippen LogP contribution in [0.3, 0.4) is 0 Å². The van der Waals surface area contributed by atoms with Crippen LogP contribution in [-0.4, -0.2) is 15.0 Å². The molecular weight excluding hydrogens is 222 g/mol. The monoisotopic (exact) mass is 228 g/mol. The van der Waals surface area contributed by atoms with Gasteiger partial charge in [-0.1, -0.05) is 0 Å². The number of hydrogen-bond donors (Lipinski definition) is 1. The largest absolute Gasteiger partial charge is 0.363 e. The first-order valence-electron chi connectivity index (χ1n) is 4.06. The fourth-order valence-electron chi connectivity index (χ4n) is 0.987. The van der Waals surface area contributed by atoms with E-state index in [-0.39, 0.29) is 5.82 Å². The number of hydrogen-bond acceptors (Lipinski definition) is 5. The highest BCUT2D eigenvalue weighted by Crippen LogP contribution is 2.09. The standard InChI is InChI=1S/C8H6F2N4S/c9-5-3-6(14-8(10)13-5)12-4-7-11-1-2-15-7/h1-3H,4H2,(H,12,13,14). The van der Waals surface area contributed by atoms with E-state index in [9.17, 15) is 8.78 Å². The Morgan fingerprint density at radius 2 is 2.20 bits per heavy atom. The topological polar surface area (TPSA) is 50.7 Å². The van der Waals surface area contributed by atoms with Crippen LogP contribution in [0.25, 0.3) is 0 Å². The van der Waals surface area contributed by atoms with Gasteiger partial charge < -0.3 is 5.32 Å². The average Bonchev–Trinajstić information content (AvgIpc) is 2.65. The van der Waals surface area contributed by atoms with Gasteiger partial charge in [-0.2, -0.15) is 18.7 Å². The van der Waals surface area contributed by atoms with Crippen LogP contribution in [0.5, 0.6) is 0 Å². The molecule has 2 aromatic rings. The summed E-state index contributed by atoms with van der Waals surface area (Å²) in [6.07, 6.45) is 0.569. The Labute approximate surface area is 88.0 Å². The highest BCUT2D eigenvalue weighted by atomic mass is 32.1. The highest BCUT2D eigenvalue weighted by molar-refractivity contribution is 7.09. The zero-order valence-corrected chi connectivity index (χ0v) is 8.26. The van der Waals surface area contributed by atoms with Crippen LogP contribution in [0.1, 0.15) is 5.01 Å². The van der Waals surface area contributed by atoms with Crippen molar-refractivity contribution in [1.82, 2.24) is 15.0 Å². The van der Waals surface area contributed by atoms with Crippen LogP contribution >= 0.6 is 11.3 Å². The second-order valence-electron chi connectivity index (χ2n) is 2.62. The lowest BCUT2D eigenvalue weighted by Gasteiger charge is -2.02. The SMILES string of the molecule is Fc1cc(NCc2nccs2)nc(F)n1. The summed E-state index contributed by atoms with van der Waals surface area (Å²) >= 11 is 1.45. The van der Waals surface area contributed by atoms with Gasteiger partial charge in [0.2, 0.25) is 5.95 Å². The van der Waals surface area contributed by atoms with Gasteiger partial charge in [0.15, 0.2) is 0 Å². The summed E-state index contributed by atoms with van der Waals surface area (Å²) < 4.78 is 25.2. The van der Waals surface area contributed by atoms with Gasteiger partial charge in [0.25, 0.3) is 0 Å². The van der Waals surface area contributed by atoms with Crippen molar-refractivity contribution in [2.75, 3.05) is 5.32 Å². The molecule has 2 aromatic heterocycles. The third-order valence-corrected chi connectivity index (χ3v) is 2.35. The lowest BCUT2D eigenvalue weighted by atomic mass is 10.5. The zero-order valence-electron chi connectivity index (χ0n) is 7.44. The molecule has 0 aliphatic rings. The molecule has 1 N–H and O–H groups in total.